The highest BCUT2D eigenvalue weighted by Gasteiger charge is 2.15. The Balaban J connectivity index is 1.81. The van der Waals surface area contributed by atoms with E-state index in [1.54, 1.807) is 18.5 Å². The molecular formula is C19H12N4O. The summed E-state index contributed by atoms with van der Waals surface area (Å²) in [5.41, 5.74) is 3.52. The van der Waals surface area contributed by atoms with Crippen molar-refractivity contribution in [3.63, 3.8) is 0 Å². The zero-order valence-corrected chi connectivity index (χ0v) is 12.6. The van der Waals surface area contributed by atoms with Gasteiger partial charge in [0.1, 0.15) is 5.52 Å². The standard InChI is InChI=1S/C19H12N4O/c1-2-8-16-15(7-1)22-18(24-16)14-6-3-5-13-9-12-23(17(13)14)19-20-10-4-11-21-19/h1-12H. The predicted molar refractivity (Wildman–Crippen MR) is 91.9 cm³/mol. The summed E-state index contributed by atoms with van der Waals surface area (Å²) in [7, 11) is 0. The van der Waals surface area contributed by atoms with Gasteiger partial charge in [-0.15, -0.1) is 0 Å². The second kappa shape index (κ2) is 5.03. The number of hydrogen-bond acceptors (Lipinski definition) is 4. The van der Waals surface area contributed by atoms with Gasteiger partial charge >= 0.3 is 0 Å². The molecule has 0 N–H and O–H groups in total. The number of aromatic nitrogens is 4. The Morgan fingerprint density at radius 2 is 1.71 bits per heavy atom. The van der Waals surface area contributed by atoms with Gasteiger partial charge in [0.25, 0.3) is 0 Å². The third-order valence-electron chi connectivity index (χ3n) is 4.00. The molecule has 0 aliphatic carbocycles. The highest BCUT2D eigenvalue weighted by molar-refractivity contribution is 5.94. The maximum Gasteiger partial charge on any atom is 0.234 e. The third-order valence-corrected chi connectivity index (χ3v) is 4.00. The van der Waals surface area contributed by atoms with Gasteiger partial charge in [-0.25, -0.2) is 15.0 Å². The number of fused-ring (bicyclic) bond motifs is 2. The molecule has 5 rings (SSSR count). The lowest BCUT2D eigenvalue weighted by atomic mass is 10.1. The van der Waals surface area contributed by atoms with Crippen molar-refractivity contribution in [3.05, 3.63) is 73.2 Å². The van der Waals surface area contributed by atoms with Crippen LogP contribution in [-0.4, -0.2) is 19.5 Å². The maximum atomic E-state index is 5.96. The van der Waals surface area contributed by atoms with E-state index in [0.29, 0.717) is 11.8 Å². The summed E-state index contributed by atoms with van der Waals surface area (Å²) in [5.74, 6) is 1.22. The van der Waals surface area contributed by atoms with E-state index in [1.165, 1.54) is 0 Å². The molecule has 0 unspecified atom stereocenters. The molecule has 0 aliphatic rings. The van der Waals surface area contributed by atoms with E-state index in [0.717, 1.165) is 27.6 Å². The molecule has 0 bridgehead atoms. The largest absolute Gasteiger partial charge is 0.436 e. The Morgan fingerprint density at radius 3 is 2.58 bits per heavy atom. The first-order valence-electron chi connectivity index (χ1n) is 7.63. The molecule has 3 heterocycles. The van der Waals surface area contributed by atoms with Crippen molar-refractivity contribution in [1.29, 1.82) is 0 Å². The monoisotopic (exact) mass is 312 g/mol. The summed E-state index contributed by atoms with van der Waals surface area (Å²) < 4.78 is 7.92. The van der Waals surface area contributed by atoms with Gasteiger partial charge in [-0.05, 0) is 30.3 Å². The highest BCUT2D eigenvalue weighted by atomic mass is 16.3. The van der Waals surface area contributed by atoms with Crippen LogP contribution >= 0.6 is 0 Å². The Bertz CT molecular complexity index is 1120. The highest BCUT2D eigenvalue weighted by Crippen LogP contribution is 2.32. The molecule has 24 heavy (non-hydrogen) atoms. The number of oxazole rings is 1. The lowest BCUT2D eigenvalue weighted by molar-refractivity contribution is 0.620. The van der Waals surface area contributed by atoms with E-state index in [1.807, 2.05) is 53.2 Å². The predicted octanol–water partition coefficient (Wildman–Crippen LogP) is 4.23. The van der Waals surface area contributed by atoms with E-state index < -0.39 is 0 Å². The lowest BCUT2D eigenvalue weighted by Crippen LogP contribution is -1.99. The molecule has 0 spiro atoms. The van der Waals surface area contributed by atoms with Crippen LogP contribution in [0.15, 0.2) is 77.6 Å². The van der Waals surface area contributed by atoms with Crippen LogP contribution in [0.5, 0.6) is 0 Å². The van der Waals surface area contributed by atoms with Gasteiger partial charge in [0, 0.05) is 24.0 Å². The Morgan fingerprint density at radius 1 is 0.833 bits per heavy atom. The molecule has 114 valence electrons. The number of para-hydroxylation sites is 3. The summed E-state index contributed by atoms with van der Waals surface area (Å²) in [6.45, 7) is 0. The van der Waals surface area contributed by atoms with Gasteiger partial charge in [-0.2, -0.15) is 0 Å². The number of benzene rings is 2. The molecule has 0 amide bonds. The van der Waals surface area contributed by atoms with E-state index in [4.69, 9.17) is 4.42 Å². The maximum absolute atomic E-state index is 5.96. The second-order valence-corrected chi connectivity index (χ2v) is 5.46. The third kappa shape index (κ3) is 1.91. The van der Waals surface area contributed by atoms with Crippen LogP contribution in [0, 0.1) is 0 Å². The fourth-order valence-electron chi connectivity index (χ4n) is 2.94. The minimum atomic E-state index is 0.595. The fraction of sp³-hybridized carbons (Fsp3) is 0. The quantitative estimate of drug-likeness (QED) is 0.489. The fourth-order valence-corrected chi connectivity index (χ4v) is 2.94. The molecule has 0 saturated carbocycles. The average Bonchev–Trinajstić information content (AvgIpc) is 3.26. The van der Waals surface area contributed by atoms with Crippen LogP contribution in [0.2, 0.25) is 0 Å². The Kier molecular flexibility index (Phi) is 2.72. The number of hydrogen-bond donors (Lipinski definition) is 0. The van der Waals surface area contributed by atoms with Gasteiger partial charge < -0.3 is 4.42 Å². The molecule has 2 aromatic carbocycles. The van der Waals surface area contributed by atoms with Crippen molar-refractivity contribution in [2.24, 2.45) is 0 Å². The minimum absolute atomic E-state index is 0.595. The van der Waals surface area contributed by atoms with Crippen molar-refractivity contribution < 1.29 is 4.42 Å². The van der Waals surface area contributed by atoms with Crippen molar-refractivity contribution in [2.45, 2.75) is 0 Å². The van der Waals surface area contributed by atoms with Crippen molar-refractivity contribution >= 4 is 22.0 Å². The summed E-state index contributed by atoms with van der Waals surface area (Å²) in [6, 6.07) is 17.7. The van der Waals surface area contributed by atoms with Gasteiger partial charge in [-0.3, -0.25) is 4.57 Å². The van der Waals surface area contributed by atoms with Gasteiger partial charge in [0.2, 0.25) is 11.8 Å². The molecule has 5 nitrogen and oxygen atoms in total. The summed E-state index contributed by atoms with van der Waals surface area (Å²) >= 11 is 0. The molecule has 5 aromatic rings. The second-order valence-electron chi connectivity index (χ2n) is 5.46. The van der Waals surface area contributed by atoms with Crippen molar-refractivity contribution in [2.75, 3.05) is 0 Å². The normalized spacial score (nSPS) is 11.3. The zero-order valence-electron chi connectivity index (χ0n) is 12.6. The van der Waals surface area contributed by atoms with Crippen LogP contribution in [0.3, 0.4) is 0 Å². The van der Waals surface area contributed by atoms with Crippen LogP contribution in [0.1, 0.15) is 0 Å². The van der Waals surface area contributed by atoms with E-state index in [9.17, 15) is 0 Å². The topological polar surface area (TPSA) is 56.7 Å². The van der Waals surface area contributed by atoms with Crippen molar-refractivity contribution in [1.82, 2.24) is 19.5 Å². The molecular weight excluding hydrogens is 300 g/mol. The first-order valence-corrected chi connectivity index (χ1v) is 7.63. The summed E-state index contributed by atoms with van der Waals surface area (Å²) in [4.78, 5) is 13.3. The lowest BCUT2D eigenvalue weighted by Gasteiger charge is -2.06. The Hall–Kier alpha value is -3.47. The minimum Gasteiger partial charge on any atom is -0.436 e. The SMILES string of the molecule is c1cnc(-n2ccc3cccc(-c4nc5ccccc5o4)c32)nc1. The smallest absolute Gasteiger partial charge is 0.234 e. The first-order chi connectivity index (χ1) is 11.9. The van der Waals surface area contributed by atoms with Crippen LogP contribution in [0.4, 0.5) is 0 Å². The van der Waals surface area contributed by atoms with Crippen molar-refractivity contribution in [3.8, 4) is 17.4 Å². The first kappa shape index (κ1) is 13.0. The van der Waals surface area contributed by atoms with Crippen LogP contribution in [0.25, 0.3) is 39.4 Å². The van der Waals surface area contributed by atoms with E-state index in [-0.39, 0.29) is 0 Å². The molecule has 0 radical (unpaired) electrons. The molecule has 0 saturated heterocycles. The molecule has 5 heteroatoms. The number of nitrogens with zero attached hydrogens (tertiary/aromatic N) is 4. The molecule has 0 aliphatic heterocycles. The summed E-state index contributed by atoms with van der Waals surface area (Å²) in [5, 5.41) is 1.09. The van der Waals surface area contributed by atoms with Gasteiger partial charge in [-0.1, -0.05) is 24.3 Å². The van der Waals surface area contributed by atoms with Crippen LogP contribution < -0.4 is 0 Å². The van der Waals surface area contributed by atoms with Gasteiger partial charge in [0.05, 0.1) is 11.1 Å². The van der Waals surface area contributed by atoms with E-state index >= 15 is 0 Å². The van der Waals surface area contributed by atoms with E-state index in [2.05, 4.69) is 21.0 Å². The average molecular weight is 312 g/mol. The summed E-state index contributed by atoms with van der Waals surface area (Å²) in [6.07, 6.45) is 5.43. The Labute approximate surface area is 137 Å². The molecule has 0 atom stereocenters. The van der Waals surface area contributed by atoms with Gasteiger partial charge in [0.15, 0.2) is 5.58 Å². The molecule has 3 aromatic heterocycles. The molecule has 0 fully saturated rings. The van der Waals surface area contributed by atoms with Crippen LogP contribution in [-0.2, 0) is 0 Å². The zero-order chi connectivity index (χ0) is 15.9. The number of rotatable bonds is 2.